The quantitative estimate of drug-likeness (QED) is 0.747. The Kier molecular flexibility index (Phi) is 4.48. The van der Waals surface area contributed by atoms with Crippen LogP contribution >= 0.6 is 11.6 Å². The molecule has 0 fully saturated rings. The minimum Gasteiger partial charge on any atom is -0.454 e. The maximum Gasteiger partial charge on any atom is 0.243 e. The molecule has 134 valence electrons. The van der Waals surface area contributed by atoms with Gasteiger partial charge in [-0.1, -0.05) is 29.8 Å². The van der Waals surface area contributed by atoms with E-state index in [-0.39, 0.29) is 24.2 Å². The standard InChI is InChI=1S/C19H13ClN4O3/c20-18-17(23-13-3-1-2-4-14(13)24-18)12(8-21)19(25)22-9-11-5-6-15-16(7-11)27-10-26-15/h1-7,12H,9-10H2,(H,22,25)/t12-/m0/s1. The van der Waals surface area contributed by atoms with Gasteiger partial charge in [0.2, 0.25) is 12.7 Å². The summed E-state index contributed by atoms with van der Waals surface area (Å²) >= 11 is 6.17. The van der Waals surface area contributed by atoms with Crippen molar-refractivity contribution in [3.63, 3.8) is 0 Å². The third-order valence-corrected chi connectivity index (χ3v) is 4.40. The Hall–Kier alpha value is -3.37. The molecule has 1 N–H and O–H groups in total. The lowest BCUT2D eigenvalue weighted by Gasteiger charge is -2.12. The number of nitrogens with one attached hydrogen (secondary N) is 1. The van der Waals surface area contributed by atoms with Crippen molar-refractivity contribution < 1.29 is 14.3 Å². The van der Waals surface area contributed by atoms with Crippen molar-refractivity contribution in [2.24, 2.45) is 0 Å². The smallest absolute Gasteiger partial charge is 0.243 e. The van der Waals surface area contributed by atoms with Crippen molar-refractivity contribution in [2.75, 3.05) is 6.79 Å². The molecule has 1 aliphatic rings. The van der Waals surface area contributed by atoms with Crippen LogP contribution in [-0.4, -0.2) is 22.7 Å². The van der Waals surface area contributed by atoms with Gasteiger partial charge >= 0.3 is 0 Å². The molecule has 1 aromatic heterocycles. The molecule has 8 heteroatoms. The highest BCUT2D eigenvalue weighted by Crippen LogP contribution is 2.32. The van der Waals surface area contributed by atoms with Crippen LogP contribution in [-0.2, 0) is 11.3 Å². The third-order valence-electron chi connectivity index (χ3n) is 4.12. The molecule has 2 heterocycles. The average molecular weight is 381 g/mol. The minimum absolute atomic E-state index is 0.0403. The Morgan fingerprint density at radius 3 is 2.70 bits per heavy atom. The van der Waals surface area contributed by atoms with E-state index in [1.807, 2.05) is 18.2 Å². The number of para-hydroxylation sites is 2. The van der Waals surface area contributed by atoms with E-state index in [1.165, 1.54) is 0 Å². The van der Waals surface area contributed by atoms with Gasteiger partial charge in [0.25, 0.3) is 0 Å². The lowest BCUT2D eigenvalue weighted by Crippen LogP contribution is -2.29. The first kappa shape index (κ1) is 17.1. The Morgan fingerprint density at radius 1 is 1.19 bits per heavy atom. The normalized spacial score (nSPS) is 13.2. The molecule has 27 heavy (non-hydrogen) atoms. The van der Waals surface area contributed by atoms with Crippen LogP contribution in [0.25, 0.3) is 11.0 Å². The van der Waals surface area contributed by atoms with Crippen LogP contribution < -0.4 is 14.8 Å². The molecule has 0 saturated heterocycles. The summed E-state index contributed by atoms with van der Waals surface area (Å²) in [6, 6.07) is 14.5. The fraction of sp³-hybridized carbons (Fsp3) is 0.158. The number of hydrogen-bond acceptors (Lipinski definition) is 6. The van der Waals surface area contributed by atoms with Gasteiger partial charge in [-0.05, 0) is 29.8 Å². The summed E-state index contributed by atoms with van der Waals surface area (Å²) in [5.41, 5.74) is 2.13. The van der Waals surface area contributed by atoms with Crippen molar-refractivity contribution in [2.45, 2.75) is 12.5 Å². The van der Waals surface area contributed by atoms with Crippen LogP contribution in [0.1, 0.15) is 17.2 Å². The second kappa shape index (κ2) is 7.09. The molecule has 0 bridgehead atoms. The van der Waals surface area contributed by atoms with Crippen LogP contribution in [0.3, 0.4) is 0 Å². The maximum atomic E-state index is 12.6. The monoisotopic (exact) mass is 380 g/mol. The van der Waals surface area contributed by atoms with E-state index in [2.05, 4.69) is 15.3 Å². The highest BCUT2D eigenvalue weighted by atomic mass is 35.5. The Labute approximate surface area is 159 Å². The molecule has 2 aromatic carbocycles. The number of carbonyl (C=O) groups excluding carboxylic acids is 1. The van der Waals surface area contributed by atoms with Crippen LogP contribution in [0.4, 0.5) is 0 Å². The number of nitrogens with zero attached hydrogens (tertiary/aromatic N) is 3. The lowest BCUT2D eigenvalue weighted by molar-refractivity contribution is -0.121. The van der Waals surface area contributed by atoms with Crippen molar-refractivity contribution >= 4 is 28.5 Å². The molecule has 0 aliphatic carbocycles. The Bertz CT molecular complexity index is 1080. The second-order valence-corrected chi connectivity index (χ2v) is 6.21. The molecule has 3 aromatic rings. The SMILES string of the molecule is N#C[C@H](C(=O)NCc1ccc2c(c1)OCO2)c1nc2ccccc2nc1Cl. The number of aromatic nitrogens is 2. The summed E-state index contributed by atoms with van der Waals surface area (Å²) in [7, 11) is 0. The van der Waals surface area contributed by atoms with Gasteiger partial charge in [-0.3, -0.25) is 4.79 Å². The first-order valence-corrected chi connectivity index (χ1v) is 8.51. The molecule has 0 unspecified atom stereocenters. The van der Waals surface area contributed by atoms with Gasteiger partial charge in [-0.2, -0.15) is 5.26 Å². The van der Waals surface area contributed by atoms with E-state index >= 15 is 0 Å². The molecule has 1 aliphatic heterocycles. The number of fused-ring (bicyclic) bond motifs is 2. The summed E-state index contributed by atoms with van der Waals surface area (Å²) < 4.78 is 10.6. The number of rotatable bonds is 4. The van der Waals surface area contributed by atoms with Crippen LogP contribution in [0.15, 0.2) is 42.5 Å². The molecular formula is C19H13ClN4O3. The van der Waals surface area contributed by atoms with Gasteiger partial charge in [0, 0.05) is 6.54 Å². The topological polar surface area (TPSA) is 97.1 Å². The van der Waals surface area contributed by atoms with Crippen molar-refractivity contribution in [1.82, 2.24) is 15.3 Å². The minimum atomic E-state index is -1.16. The summed E-state index contributed by atoms with van der Waals surface area (Å²) in [6.07, 6.45) is 0. The number of benzene rings is 2. The number of hydrogen-bond donors (Lipinski definition) is 1. The highest BCUT2D eigenvalue weighted by molar-refractivity contribution is 6.30. The Balaban J connectivity index is 1.53. The number of carbonyl (C=O) groups is 1. The zero-order valence-corrected chi connectivity index (χ0v) is 14.7. The van der Waals surface area contributed by atoms with Gasteiger partial charge in [0.15, 0.2) is 22.6 Å². The first-order valence-electron chi connectivity index (χ1n) is 8.14. The number of amides is 1. The van der Waals surface area contributed by atoms with Crippen molar-refractivity contribution in [3.8, 4) is 17.6 Å². The van der Waals surface area contributed by atoms with Gasteiger partial charge in [0.1, 0.15) is 5.69 Å². The van der Waals surface area contributed by atoms with Crippen LogP contribution in [0, 0.1) is 11.3 Å². The van der Waals surface area contributed by atoms with E-state index in [9.17, 15) is 10.1 Å². The van der Waals surface area contributed by atoms with Gasteiger partial charge in [-0.25, -0.2) is 9.97 Å². The van der Waals surface area contributed by atoms with Gasteiger partial charge < -0.3 is 14.8 Å². The number of ether oxygens (including phenoxy) is 2. The predicted molar refractivity (Wildman–Crippen MR) is 97.3 cm³/mol. The fourth-order valence-electron chi connectivity index (χ4n) is 2.76. The zero-order chi connectivity index (χ0) is 18.8. The Morgan fingerprint density at radius 2 is 1.93 bits per heavy atom. The fourth-order valence-corrected chi connectivity index (χ4v) is 3.00. The van der Waals surface area contributed by atoms with E-state index in [0.717, 1.165) is 5.56 Å². The first-order chi connectivity index (χ1) is 13.2. The van der Waals surface area contributed by atoms with Crippen LogP contribution in [0.5, 0.6) is 11.5 Å². The van der Waals surface area contributed by atoms with Crippen molar-refractivity contribution in [3.05, 3.63) is 58.9 Å². The molecule has 1 amide bonds. The summed E-state index contributed by atoms with van der Waals surface area (Å²) in [4.78, 5) is 21.1. The molecule has 4 rings (SSSR count). The summed E-state index contributed by atoms with van der Waals surface area (Å²) in [6.45, 7) is 0.410. The summed E-state index contributed by atoms with van der Waals surface area (Å²) in [5, 5.41) is 12.3. The zero-order valence-electron chi connectivity index (χ0n) is 14.0. The molecule has 7 nitrogen and oxygen atoms in total. The third kappa shape index (κ3) is 3.35. The lowest BCUT2D eigenvalue weighted by atomic mass is 10.1. The van der Waals surface area contributed by atoms with E-state index in [0.29, 0.717) is 22.5 Å². The highest BCUT2D eigenvalue weighted by Gasteiger charge is 2.25. The maximum absolute atomic E-state index is 12.6. The molecule has 0 radical (unpaired) electrons. The van der Waals surface area contributed by atoms with Gasteiger partial charge in [0.05, 0.1) is 17.1 Å². The van der Waals surface area contributed by atoms with E-state index < -0.39 is 11.8 Å². The van der Waals surface area contributed by atoms with Crippen LogP contribution in [0.2, 0.25) is 5.15 Å². The van der Waals surface area contributed by atoms with Gasteiger partial charge in [-0.15, -0.1) is 0 Å². The molecule has 1 atom stereocenters. The molecular weight excluding hydrogens is 368 g/mol. The predicted octanol–water partition coefficient (Wildman–Crippen LogP) is 2.94. The van der Waals surface area contributed by atoms with E-state index in [1.54, 1.807) is 30.3 Å². The average Bonchev–Trinajstić information content (AvgIpc) is 3.15. The molecule has 0 spiro atoms. The molecule has 0 saturated carbocycles. The van der Waals surface area contributed by atoms with E-state index in [4.69, 9.17) is 21.1 Å². The summed E-state index contributed by atoms with van der Waals surface area (Å²) in [5.74, 6) is -0.370. The second-order valence-electron chi connectivity index (χ2n) is 5.86. The number of halogens is 1. The number of nitriles is 1. The van der Waals surface area contributed by atoms with Crippen molar-refractivity contribution in [1.29, 1.82) is 5.26 Å². The largest absolute Gasteiger partial charge is 0.454 e.